The lowest BCUT2D eigenvalue weighted by molar-refractivity contribution is 0.0955. The van der Waals surface area contributed by atoms with E-state index >= 15 is 0 Å². The lowest BCUT2D eigenvalue weighted by atomic mass is 10.2. The van der Waals surface area contributed by atoms with Gasteiger partial charge in [0.2, 0.25) is 0 Å². The number of amides is 1. The molecule has 0 atom stereocenters. The van der Waals surface area contributed by atoms with Gasteiger partial charge in [-0.2, -0.15) is 5.10 Å². The van der Waals surface area contributed by atoms with Crippen molar-refractivity contribution >= 4 is 23.7 Å². The maximum atomic E-state index is 12.1. The number of nitrogens with one attached hydrogen (secondary N) is 1. The molecule has 5 nitrogen and oxygen atoms in total. The number of rotatable bonds is 8. The summed E-state index contributed by atoms with van der Waals surface area (Å²) >= 11 is 6.01. The Morgan fingerprint density at radius 2 is 1.92 bits per heavy atom. The zero-order valence-corrected chi connectivity index (χ0v) is 15.0. The van der Waals surface area contributed by atoms with E-state index < -0.39 is 0 Å². The summed E-state index contributed by atoms with van der Waals surface area (Å²) in [5.74, 6) is 1.09. The van der Waals surface area contributed by atoms with Crippen LogP contribution in [0.3, 0.4) is 0 Å². The van der Waals surface area contributed by atoms with Crippen molar-refractivity contribution in [3.05, 3.63) is 58.6 Å². The van der Waals surface area contributed by atoms with E-state index in [0.29, 0.717) is 35.1 Å². The van der Waals surface area contributed by atoms with Crippen LogP contribution in [0.1, 0.15) is 36.2 Å². The quantitative estimate of drug-likeness (QED) is 0.564. The van der Waals surface area contributed by atoms with Gasteiger partial charge < -0.3 is 9.47 Å². The van der Waals surface area contributed by atoms with E-state index in [4.69, 9.17) is 21.1 Å². The van der Waals surface area contributed by atoms with Crippen molar-refractivity contribution < 1.29 is 14.3 Å². The third-order valence-corrected chi connectivity index (χ3v) is 3.47. The van der Waals surface area contributed by atoms with Gasteiger partial charge in [0, 0.05) is 16.1 Å². The van der Waals surface area contributed by atoms with Gasteiger partial charge in [0.05, 0.1) is 19.4 Å². The fourth-order valence-electron chi connectivity index (χ4n) is 2.06. The summed E-state index contributed by atoms with van der Waals surface area (Å²) in [6, 6.07) is 12.1. The van der Waals surface area contributed by atoms with Crippen LogP contribution in [0.15, 0.2) is 47.6 Å². The molecule has 2 rings (SSSR count). The first kappa shape index (κ1) is 18.8. The molecule has 0 bridgehead atoms. The van der Waals surface area contributed by atoms with E-state index in [9.17, 15) is 4.79 Å². The highest BCUT2D eigenvalue weighted by Gasteiger charge is 2.06. The second kappa shape index (κ2) is 9.69. The Labute approximate surface area is 152 Å². The van der Waals surface area contributed by atoms with Crippen LogP contribution < -0.4 is 14.9 Å². The topological polar surface area (TPSA) is 59.9 Å². The lowest BCUT2D eigenvalue weighted by Gasteiger charge is -2.08. The first-order valence-electron chi connectivity index (χ1n) is 8.12. The van der Waals surface area contributed by atoms with E-state index in [2.05, 4.69) is 10.5 Å². The van der Waals surface area contributed by atoms with Crippen LogP contribution in [0.2, 0.25) is 5.02 Å². The van der Waals surface area contributed by atoms with Gasteiger partial charge in [-0.1, -0.05) is 18.5 Å². The third-order valence-electron chi connectivity index (χ3n) is 3.23. The minimum Gasteiger partial charge on any atom is -0.494 e. The van der Waals surface area contributed by atoms with Gasteiger partial charge in [-0.25, -0.2) is 5.43 Å². The fourth-order valence-corrected chi connectivity index (χ4v) is 2.24. The molecule has 0 aromatic heterocycles. The number of nitrogens with zero attached hydrogens (tertiary/aromatic N) is 1. The summed E-state index contributed by atoms with van der Waals surface area (Å²) in [6.07, 6.45) is 2.41. The molecule has 0 aliphatic heterocycles. The standard InChI is InChI=1S/C19H21ClN2O3/c1-3-11-25-18-10-7-16(20)12-15(18)13-21-22-19(23)14-5-8-17(9-6-14)24-4-2/h5-10,12-13H,3-4,11H2,1-2H3,(H,22,23)/b21-13-. The van der Waals surface area contributed by atoms with Crippen molar-refractivity contribution in [2.75, 3.05) is 13.2 Å². The van der Waals surface area contributed by atoms with Crippen LogP contribution in [0.5, 0.6) is 11.5 Å². The predicted octanol–water partition coefficient (Wildman–Crippen LogP) is 4.29. The van der Waals surface area contributed by atoms with E-state index in [0.717, 1.165) is 12.2 Å². The fraction of sp³-hybridized carbons (Fsp3) is 0.263. The SMILES string of the molecule is CCCOc1ccc(Cl)cc1/C=N\NC(=O)c1ccc(OCC)cc1. The van der Waals surface area contributed by atoms with Crippen molar-refractivity contribution in [2.24, 2.45) is 5.10 Å². The van der Waals surface area contributed by atoms with Crippen molar-refractivity contribution in [2.45, 2.75) is 20.3 Å². The van der Waals surface area contributed by atoms with E-state index in [1.165, 1.54) is 6.21 Å². The Kier molecular flexibility index (Phi) is 7.29. The number of carbonyl (C=O) groups is 1. The molecule has 6 heteroatoms. The number of carbonyl (C=O) groups excluding carboxylic acids is 1. The highest BCUT2D eigenvalue weighted by molar-refractivity contribution is 6.30. The van der Waals surface area contributed by atoms with Crippen LogP contribution in [-0.2, 0) is 0 Å². The summed E-state index contributed by atoms with van der Waals surface area (Å²) in [5, 5.41) is 4.56. The number of halogens is 1. The first-order chi connectivity index (χ1) is 12.1. The molecule has 1 N–H and O–H groups in total. The van der Waals surface area contributed by atoms with Crippen LogP contribution >= 0.6 is 11.6 Å². The number of hydrogen-bond donors (Lipinski definition) is 1. The minimum atomic E-state index is -0.308. The van der Waals surface area contributed by atoms with Crippen molar-refractivity contribution in [1.82, 2.24) is 5.43 Å². The molecule has 132 valence electrons. The molecule has 0 heterocycles. The maximum Gasteiger partial charge on any atom is 0.271 e. The monoisotopic (exact) mass is 360 g/mol. The molecular formula is C19H21ClN2O3. The smallest absolute Gasteiger partial charge is 0.271 e. The Hall–Kier alpha value is -2.53. The van der Waals surface area contributed by atoms with Gasteiger partial charge in [0.1, 0.15) is 11.5 Å². The third kappa shape index (κ3) is 5.80. The number of benzene rings is 2. The van der Waals surface area contributed by atoms with Gasteiger partial charge in [0.15, 0.2) is 0 Å². The molecule has 0 saturated heterocycles. The summed E-state index contributed by atoms with van der Waals surface area (Å²) in [4.78, 5) is 12.1. The zero-order valence-electron chi connectivity index (χ0n) is 14.3. The van der Waals surface area contributed by atoms with Crippen molar-refractivity contribution in [3.8, 4) is 11.5 Å². The predicted molar refractivity (Wildman–Crippen MR) is 99.9 cm³/mol. The zero-order chi connectivity index (χ0) is 18.1. The van der Waals surface area contributed by atoms with Crippen molar-refractivity contribution in [3.63, 3.8) is 0 Å². The number of ether oxygens (including phenoxy) is 2. The van der Waals surface area contributed by atoms with Gasteiger partial charge in [-0.15, -0.1) is 0 Å². The summed E-state index contributed by atoms with van der Waals surface area (Å²) in [7, 11) is 0. The molecule has 0 aliphatic carbocycles. The molecule has 2 aromatic rings. The number of hydrogen-bond acceptors (Lipinski definition) is 4. The number of hydrazone groups is 1. The van der Waals surface area contributed by atoms with Gasteiger partial charge in [0.25, 0.3) is 5.91 Å². The normalized spacial score (nSPS) is 10.7. The molecule has 25 heavy (non-hydrogen) atoms. The second-order valence-corrected chi connectivity index (χ2v) is 5.62. The van der Waals surface area contributed by atoms with Crippen LogP contribution in [0.4, 0.5) is 0 Å². The maximum absolute atomic E-state index is 12.1. The highest BCUT2D eigenvalue weighted by atomic mass is 35.5. The molecular weight excluding hydrogens is 340 g/mol. The molecule has 0 saturated carbocycles. The van der Waals surface area contributed by atoms with E-state index in [1.54, 1.807) is 42.5 Å². The van der Waals surface area contributed by atoms with Crippen molar-refractivity contribution in [1.29, 1.82) is 0 Å². The molecule has 0 aliphatic rings. The van der Waals surface area contributed by atoms with E-state index in [1.807, 2.05) is 13.8 Å². The van der Waals surface area contributed by atoms with Gasteiger partial charge in [-0.05, 0) is 55.8 Å². The Balaban J connectivity index is 2.02. The Bertz CT molecular complexity index is 730. The molecule has 0 unspecified atom stereocenters. The molecule has 2 aromatic carbocycles. The Morgan fingerprint density at radius 3 is 2.60 bits per heavy atom. The van der Waals surface area contributed by atoms with Crippen LogP contribution in [-0.4, -0.2) is 25.3 Å². The first-order valence-corrected chi connectivity index (χ1v) is 8.50. The highest BCUT2D eigenvalue weighted by Crippen LogP contribution is 2.21. The summed E-state index contributed by atoms with van der Waals surface area (Å²) in [6.45, 7) is 5.11. The van der Waals surface area contributed by atoms with Crippen LogP contribution in [0, 0.1) is 0 Å². The van der Waals surface area contributed by atoms with Gasteiger partial charge >= 0.3 is 0 Å². The molecule has 0 fully saturated rings. The minimum absolute atomic E-state index is 0.308. The largest absolute Gasteiger partial charge is 0.494 e. The Morgan fingerprint density at radius 1 is 1.16 bits per heavy atom. The van der Waals surface area contributed by atoms with Crippen LogP contribution in [0.25, 0.3) is 0 Å². The van der Waals surface area contributed by atoms with E-state index in [-0.39, 0.29) is 5.91 Å². The van der Waals surface area contributed by atoms with Gasteiger partial charge in [-0.3, -0.25) is 4.79 Å². The average Bonchev–Trinajstić information content (AvgIpc) is 2.62. The molecule has 0 radical (unpaired) electrons. The summed E-state index contributed by atoms with van der Waals surface area (Å²) in [5.41, 5.74) is 3.69. The average molecular weight is 361 g/mol. The lowest BCUT2D eigenvalue weighted by Crippen LogP contribution is -2.17. The molecule has 0 spiro atoms. The second-order valence-electron chi connectivity index (χ2n) is 5.19. The summed E-state index contributed by atoms with van der Waals surface area (Å²) < 4.78 is 11.0. The molecule has 1 amide bonds.